The maximum absolute atomic E-state index is 12.9. The van der Waals surface area contributed by atoms with Gasteiger partial charge >= 0.3 is 6.18 Å². The number of nitrogens with zero attached hydrogens (tertiary/aromatic N) is 1. The molecular formula is C13H12F3NO2. The van der Waals surface area contributed by atoms with E-state index in [9.17, 15) is 18.0 Å². The molecule has 6 heteroatoms. The number of fused-ring (bicyclic) bond motifs is 1. The lowest BCUT2D eigenvalue weighted by atomic mass is 10.0. The number of aliphatic hydroxyl groups excluding tert-OH is 1. The molecule has 2 aromatic rings. The van der Waals surface area contributed by atoms with Gasteiger partial charge in [-0.2, -0.15) is 13.2 Å². The van der Waals surface area contributed by atoms with E-state index in [4.69, 9.17) is 5.11 Å². The lowest BCUT2D eigenvalue weighted by Gasteiger charge is -2.13. The smallest absolute Gasteiger partial charge is 0.396 e. The monoisotopic (exact) mass is 271 g/mol. The number of benzene rings is 1. The van der Waals surface area contributed by atoms with Gasteiger partial charge in [0.05, 0.1) is 11.1 Å². The van der Waals surface area contributed by atoms with Crippen molar-refractivity contribution >= 4 is 10.9 Å². The standard InChI is InChI=1S/C13H12F3NO2/c1-17-11-3-2-8(4-5-18)6-9(11)10(7-12(17)19)13(14,15)16/h2-3,6-7,18H,4-5H2,1H3. The summed E-state index contributed by atoms with van der Waals surface area (Å²) in [5.74, 6) is 0. The molecule has 1 N–H and O–H groups in total. The van der Waals surface area contributed by atoms with Crippen LogP contribution in [0.2, 0.25) is 0 Å². The quantitative estimate of drug-likeness (QED) is 0.908. The SMILES string of the molecule is Cn1c(=O)cc(C(F)(F)F)c2cc(CCO)ccc21. The van der Waals surface area contributed by atoms with Gasteiger partial charge < -0.3 is 9.67 Å². The fraction of sp³-hybridized carbons (Fsp3) is 0.308. The van der Waals surface area contributed by atoms with E-state index in [1.54, 1.807) is 6.07 Å². The van der Waals surface area contributed by atoms with Crippen LogP contribution in [0.4, 0.5) is 13.2 Å². The second kappa shape index (κ2) is 4.70. The first-order valence-electron chi connectivity index (χ1n) is 5.65. The third kappa shape index (κ3) is 2.49. The molecular weight excluding hydrogens is 259 g/mol. The molecule has 1 aromatic carbocycles. The van der Waals surface area contributed by atoms with Crippen molar-refractivity contribution in [1.82, 2.24) is 4.57 Å². The molecule has 3 nitrogen and oxygen atoms in total. The van der Waals surface area contributed by atoms with Crippen molar-refractivity contribution in [1.29, 1.82) is 0 Å². The minimum Gasteiger partial charge on any atom is -0.396 e. The van der Waals surface area contributed by atoms with Crippen molar-refractivity contribution < 1.29 is 18.3 Å². The van der Waals surface area contributed by atoms with Crippen LogP contribution in [0.15, 0.2) is 29.1 Å². The van der Waals surface area contributed by atoms with Crippen molar-refractivity contribution in [2.45, 2.75) is 12.6 Å². The van der Waals surface area contributed by atoms with E-state index in [1.165, 1.54) is 23.7 Å². The molecule has 0 spiro atoms. The molecule has 0 atom stereocenters. The molecule has 1 aromatic heterocycles. The minimum absolute atomic E-state index is 0.0273. The summed E-state index contributed by atoms with van der Waals surface area (Å²) in [4.78, 5) is 11.5. The third-order valence-electron chi connectivity index (χ3n) is 3.02. The first kappa shape index (κ1) is 13.6. The Morgan fingerprint density at radius 3 is 2.53 bits per heavy atom. The van der Waals surface area contributed by atoms with Crippen LogP contribution >= 0.6 is 0 Å². The molecule has 0 unspecified atom stereocenters. The van der Waals surface area contributed by atoms with Gasteiger partial charge in [0.15, 0.2) is 0 Å². The van der Waals surface area contributed by atoms with Gasteiger partial charge in [0.2, 0.25) is 0 Å². The first-order chi connectivity index (χ1) is 8.84. The van der Waals surface area contributed by atoms with Crippen LogP contribution in [0.3, 0.4) is 0 Å². The number of rotatable bonds is 2. The van der Waals surface area contributed by atoms with Crippen LogP contribution in [0.5, 0.6) is 0 Å². The predicted octanol–water partition coefficient (Wildman–Crippen LogP) is 2.09. The molecule has 0 saturated carbocycles. The number of halogens is 3. The number of hydrogen-bond acceptors (Lipinski definition) is 2. The Balaban J connectivity index is 2.83. The van der Waals surface area contributed by atoms with Gasteiger partial charge in [0, 0.05) is 25.1 Å². The van der Waals surface area contributed by atoms with Gasteiger partial charge in [0.25, 0.3) is 5.56 Å². The van der Waals surface area contributed by atoms with Gasteiger partial charge in [-0.1, -0.05) is 6.07 Å². The summed E-state index contributed by atoms with van der Waals surface area (Å²) >= 11 is 0. The average Bonchev–Trinajstić information content (AvgIpc) is 2.32. The van der Waals surface area contributed by atoms with Crippen molar-refractivity contribution in [3.8, 4) is 0 Å². The Bertz CT molecular complexity index is 674. The Morgan fingerprint density at radius 2 is 1.95 bits per heavy atom. The molecule has 0 bridgehead atoms. The fourth-order valence-electron chi connectivity index (χ4n) is 2.03. The first-order valence-corrected chi connectivity index (χ1v) is 5.65. The van der Waals surface area contributed by atoms with E-state index in [1.807, 2.05) is 0 Å². The molecule has 0 fully saturated rings. The summed E-state index contributed by atoms with van der Waals surface area (Å²) in [7, 11) is 1.43. The van der Waals surface area contributed by atoms with Crippen LogP contribution in [0.25, 0.3) is 10.9 Å². The summed E-state index contributed by atoms with van der Waals surface area (Å²) in [6.07, 6.45) is -4.31. The molecule has 1 heterocycles. The van der Waals surface area contributed by atoms with E-state index < -0.39 is 17.3 Å². The summed E-state index contributed by atoms with van der Waals surface area (Å²) in [6.45, 7) is -0.140. The Labute approximate surface area is 106 Å². The van der Waals surface area contributed by atoms with Crippen molar-refractivity contribution in [2.75, 3.05) is 6.61 Å². The lowest BCUT2D eigenvalue weighted by molar-refractivity contribution is -0.136. The van der Waals surface area contributed by atoms with Gasteiger partial charge in [-0.15, -0.1) is 0 Å². The van der Waals surface area contributed by atoms with Crippen molar-refractivity contribution in [3.63, 3.8) is 0 Å². The number of aryl methyl sites for hydroxylation is 1. The summed E-state index contributed by atoms with van der Waals surface area (Å²) in [5, 5.41) is 8.81. The molecule has 0 saturated heterocycles. The number of aliphatic hydroxyl groups is 1. The summed E-state index contributed by atoms with van der Waals surface area (Å²) in [6, 6.07) is 5.05. The van der Waals surface area contributed by atoms with E-state index in [-0.39, 0.29) is 23.9 Å². The number of aromatic nitrogens is 1. The molecule has 0 aliphatic carbocycles. The fourth-order valence-corrected chi connectivity index (χ4v) is 2.03. The maximum Gasteiger partial charge on any atom is 0.417 e. The molecule has 0 amide bonds. The van der Waals surface area contributed by atoms with E-state index in [0.29, 0.717) is 11.6 Å². The highest BCUT2D eigenvalue weighted by Gasteiger charge is 2.33. The maximum atomic E-state index is 12.9. The second-order valence-electron chi connectivity index (χ2n) is 4.28. The zero-order valence-electron chi connectivity index (χ0n) is 10.2. The Hall–Kier alpha value is -1.82. The second-order valence-corrected chi connectivity index (χ2v) is 4.28. The van der Waals surface area contributed by atoms with Gasteiger partial charge in [-0.3, -0.25) is 4.79 Å². The minimum atomic E-state index is -4.58. The van der Waals surface area contributed by atoms with E-state index >= 15 is 0 Å². The molecule has 19 heavy (non-hydrogen) atoms. The van der Waals surface area contributed by atoms with Crippen LogP contribution in [0, 0.1) is 0 Å². The third-order valence-corrected chi connectivity index (χ3v) is 3.02. The number of hydrogen-bond donors (Lipinski definition) is 1. The molecule has 0 aliphatic heterocycles. The highest BCUT2D eigenvalue weighted by atomic mass is 19.4. The predicted molar refractivity (Wildman–Crippen MR) is 65.0 cm³/mol. The number of alkyl halides is 3. The van der Waals surface area contributed by atoms with Crippen LogP contribution in [0.1, 0.15) is 11.1 Å². The normalized spacial score (nSPS) is 12.1. The van der Waals surface area contributed by atoms with Gasteiger partial charge in [0.1, 0.15) is 0 Å². The summed E-state index contributed by atoms with van der Waals surface area (Å²) in [5.41, 5.74) is -0.819. The van der Waals surface area contributed by atoms with E-state index in [2.05, 4.69) is 0 Å². The molecule has 2 rings (SSSR count). The average molecular weight is 271 g/mol. The Morgan fingerprint density at radius 1 is 1.26 bits per heavy atom. The largest absolute Gasteiger partial charge is 0.417 e. The number of pyridine rings is 1. The van der Waals surface area contributed by atoms with Crippen LogP contribution in [-0.4, -0.2) is 16.3 Å². The van der Waals surface area contributed by atoms with Crippen molar-refractivity contribution in [2.24, 2.45) is 7.05 Å². The summed E-state index contributed by atoms with van der Waals surface area (Å²) < 4.78 is 40.0. The molecule has 102 valence electrons. The molecule has 0 radical (unpaired) electrons. The lowest BCUT2D eigenvalue weighted by Crippen LogP contribution is -2.20. The van der Waals surface area contributed by atoms with Gasteiger partial charge in [-0.25, -0.2) is 0 Å². The molecule has 0 aliphatic rings. The van der Waals surface area contributed by atoms with Crippen molar-refractivity contribution in [3.05, 3.63) is 45.7 Å². The Kier molecular flexibility index (Phi) is 3.36. The zero-order chi connectivity index (χ0) is 14.2. The zero-order valence-corrected chi connectivity index (χ0v) is 10.2. The topological polar surface area (TPSA) is 42.2 Å². The van der Waals surface area contributed by atoms with Crippen LogP contribution < -0.4 is 5.56 Å². The van der Waals surface area contributed by atoms with E-state index in [0.717, 1.165) is 0 Å². The van der Waals surface area contributed by atoms with Gasteiger partial charge in [-0.05, 0) is 24.1 Å². The highest BCUT2D eigenvalue weighted by Crippen LogP contribution is 2.34. The van der Waals surface area contributed by atoms with Crippen LogP contribution in [-0.2, 0) is 19.6 Å². The highest BCUT2D eigenvalue weighted by molar-refractivity contribution is 5.83.